The number of aryl methyl sites for hydroxylation is 1. The minimum absolute atomic E-state index is 0.132. The van der Waals surface area contributed by atoms with Crippen molar-refractivity contribution < 1.29 is 4.79 Å². The summed E-state index contributed by atoms with van der Waals surface area (Å²) in [5.41, 5.74) is 3.23. The molecule has 1 aliphatic rings. The van der Waals surface area contributed by atoms with Crippen molar-refractivity contribution in [3.63, 3.8) is 0 Å². The van der Waals surface area contributed by atoms with Crippen molar-refractivity contribution in [2.24, 2.45) is 0 Å². The Hall–Kier alpha value is -1.71. The number of fused-ring (bicyclic) bond motifs is 1. The molecule has 1 aromatic rings. The third-order valence-corrected chi connectivity index (χ3v) is 2.86. The van der Waals surface area contributed by atoms with Crippen LogP contribution in [0.4, 0.5) is 16.2 Å². The minimum atomic E-state index is -0.132. The average Bonchev–Trinajstić information content (AvgIpc) is 2.37. The van der Waals surface area contributed by atoms with Gasteiger partial charge in [0.15, 0.2) is 0 Å². The monoisotopic (exact) mass is 233 g/mol. The van der Waals surface area contributed by atoms with Crippen LogP contribution in [0.5, 0.6) is 0 Å². The molecular formula is C13H19N3O. The molecule has 2 rings (SSSR count). The van der Waals surface area contributed by atoms with Crippen molar-refractivity contribution in [2.45, 2.75) is 26.2 Å². The second kappa shape index (κ2) is 5.57. The summed E-state index contributed by atoms with van der Waals surface area (Å²) in [6.07, 6.45) is 3.17. The molecule has 0 spiro atoms. The van der Waals surface area contributed by atoms with E-state index >= 15 is 0 Å². The Labute approximate surface area is 102 Å². The lowest BCUT2D eigenvalue weighted by molar-refractivity contribution is 0.252. The Kier molecular flexibility index (Phi) is 3.85. The largest absolute Gasteiger partial charge is 0.383 e. The van der Waals surface area contributed by atoms with Gasteiger partial charge in [-0.1, -0.05) is 19.1 Å². The molecule has 0 aliphatic carbocycles. The highest BCUT2D eigenvalue weighted by Crippen LogP contribution is 2.29. The zero-order valence-electron chi connectivity index (χ0n) is 10.2. The van der Waals surface area contributed by atoms with Crippen LogP contribution in [0.1, 0.15) is 25.3 Å². The Morgan fingerprint density at radius 2 is 2.35 bits per heavy atom. The number of urea groups is 1. The summed E-state index contributed by atoms with van der Waals surface area (Å²) >= 11 is 0. The summed E-state index contributed by atoms with van der Waals surface area (Å²) in [7, 11) is 0. The lowest BCUT2D eigenvalue weighted by Crippen LogP contribution is -2.30. The molecule has 0 aromatic heterocycles. The summed E-state index contributed by atoms with van der Waals surface area (Å²) < 4.78 is 0. The van der Waals surface area contributed by atoms with E-state index in [0.29, 0.717) is 6.54 Å². The molecule has 0 fully saturated rings. The fourth-order valence-electron chi connectivity index (χ4n) is 2.02. The van der Waals surface area contributed by atoms with Gasteiger partial charge < -0.3 is 16.0 Å². The Morgan fingerprint density at radius 3 is 3.18 bits per heavy atom. The first-order valence-corrected chi connectivity index (χ1v) is 6.22. The lowest BCUT2D eigenvalue weighted by atomic mass is 10.0. The topological polar surface area (TPSA) is 53.2 Å². The summed E-state index contributed by atoms with van der Waals surface area (Å²) in [4.78, 5) is 11.6. The average molecular weight is 233 g/mol. The number of benzene rings is 1. The van der Waals surface area contributed by atoms with Crippen molar-refractivity contribution in [1.82, 2.24) is 5.32 Å². The number of nitrogens with one attached hydrogen (secondary N) is 3. The molecule has 0 saturated heterocycles. The number of carbonyl (C=O) groups excluding carboxylic acids is 1. The van der Waals surface area contributed by atoms with Crippen LogP contribution in [0.3, 0.4) is 0 Å². The maximum Gasteiger partial charge on any atom is 0.319 e. The Morgan fingerprint density at radius 1 is 1.47 bits per heavy atom. The molecule has 0 saturated carbocycles. The first kappa shape index (κ1) is 11.8. The molecule has 3 N–H and O–H groups in total. The fourth-order valence-corrected chi connectivity index (χ4v) is 2.02. The molecule has 0 atom stereocenters. The highest BCUT2D eigenvalue weighted by Gasteiger charge is 2.13. The van der Waals surface area contributed by atoms with Gasteiger partial charge in [-0.3, -0.25) is 0 Å². The summed E-state index contributed by atoms with van der Waals surface area (Å²) in [5, 5.41) is 9.05. The van der Waals surface area contributed by atoms with Crippen LogP contribution < -0.4 is 16.0 Å². The molecule has 0 radical (unpaired) electrons. The Bertz CT molecular complexity index is 404. The van der Waals surface area contributed by atoms with E-state index < -0.39 is 0 Å². The van der Waals surface area contributed by atoms with E-state index in [-0.39, 0.29) is 6.03 Å². The van der Waals surface area contributed by atoms with E-state index in [1.165, 1.54) is 5.56 Å². The van der Waals surface area contributed by atoms with Crippen molar-refractivity contribution in [3.05, 3.63) is 23.8 Å². The molecule has 1 aliphatic heterocycles. The van der Waals surface area contributed by atoms with E-state index in [1.54, 1.807) is 0 Å². The quantitative estimate of drug-likeness (QED) is 0.751. The number of hydrogen-bond donors (Lipinski definition) is 3. The molecular weight excluding hydrogens is 214 g/mol. The Balaban J connectivity index is 2.08. The van der Waals surface area contributed by atoms with Crippen LogP contribution in [0.2, 0.25) is 0 Å². The molecule has 4 nitrogen and oxygen atoms in total. The smallest absolute Gasteiger partial charge is 0.319 e. The first-order valence-electron chi connectivity index (χ1n) is 6.22. The van der Waals surface area contributed by atoms with Crippen molar-refractivity contribution in [1.29, 1.82) is 0 Å². The van der Waals surface area contributed by atoms with Gasteiger partial charge in [0.05, 0.1) is 11.4 Å². The van der Waals surface area contributed by atoms with Gasteiger partial charge in [0.1, 0.15) is 0 Å². The summed E-state index contributed by atoms with van der Waals surface area (Å²) in [6.45, 7) is 3.71. The molecule has 2 amide bonds. The van der Waals surface area contributed by atoms with Gasteiger partial charge >= 0.3 is 6.03 Å². The molecule has 1 heterocycles. The molecule has 4 heteroatoms. The van der Waals surface area contributed by atoms with Gasteiger partial charge in [-0.2, -0.15) is 0 Å². The maximum atomic E-state index is 11.6. The van der Waals surface area contributed by atoms with Gasteiger partial charge in [0, 0.05) is 13.1 Å². The summed E-state index contributed by atoms with van der Waals surface area (Å²) in [6, 6.07) is 5.90. The SMILES string of the molecule is CCCNC(=O)Nc1cccc2c1NCCC2. The molecule has 0 unspecified atom stereocenters. The van der Waals surface area contributed by atoms with Crippen LogP contribution >= 0.6 is 0 Å². The van der Waals surface area contributed by atoms with Crippen molar-refractivity contribution >= 4 is 17.4 Å². The zero-order chi connectivity index (χ0) is 12.1. The van der Waals surface area contributed by atoms with E-state index in [4.69, 9.17) is 0 Å². The van der Waals surface area contributed by atoms with Gasteiger partial charge in [-0.15, -0.1) is 0 Å². The van der Waals surface area contributed by atoms with Crippen LogP contribution in [0.25, 0.3) is 0 Å². The normalized spacial score (nSPS) is 13.5. The standard InChI is InChI=1S/C13H19N3O/c1-2-8-15-13(17)16-11-7-3-5-10-6-4-9-14-12(10)11/h3,5,7,14H,2,4,6,8-9H2,1H3,(H2,15,16,17). The molecule has 17 heavy (non-hydrogen) atoms. The van der Waals surface area contributed by atoms with Crippen LogP contribution in [0.15, 0.2) is 18.2 Å². The fraction of sp³-hybridized carbons (Fsp3) is 0.462. The van der Waals surface area contributed by atoms with Crippen molar-refractivity contribution in [3.8, 4) is 0 Å². The van der Waals surface area contributed by atoms with E-state index in [2.05, 4.69) is 22.0 Å². The van der Waals surface area contributed by atoms with Crippen molar-refractivity contribution in [2.75, 3.05) is 23.7 Å². The van der Waals surface area contributed by atoms with Crippen LogP contribution in [-0.2, 0) is 6.42 Å². The number of amides is 2. The predicted molar refractivity (Wildman–Crippen MR) is 70.6 cm³/mol. The maximum absolute atomic E-state index is 11.6. The van der Waals surface area contributed by atoms with Crippen LogP contribution in [-0.4, -0.2) is 19.1 Å². The number of carbonyl (C=O) groups is 1. The van der Waals surface area contributed by atoms with Gasteiger partial charge in [0.25, 0.3) is 0 Å². The van der Waals surface area contributed by atoms with E-state index in [0.717, 1.165) is 37.2 Å². The first-order chi connectivity index (χ1) is 8.31. The highest BCUT2D eigenvalue weighted by atomic mass is 16.2. The number of rotatable bonds is 3. The highest BCUT2D eigenvalue weighted by molar-refractivity contribution is 5.93. The number of anilines is 2. The van der Waals surface area contributed by atoms with Gasteiger partial charge in [-0.05, 0) is 30.9 Å². The van der Waals surface area contributed by atoms with E-state index in [9.17, 15) is 4.79 Å². The second-order valence-electron chi connectivity index (χ2n) is 4.25. The van der Waals surface area contributed by atoms with Gasteiger partial charge in [0.2, 0.25) is 0 Å². The molecule has 0 bridgehead atoms. The number of para-hydroxylation sites is 1. The van der Waals surface area contributed by atoms with Crippen LogP contribution in [0, 0.1) is 0 Å². The lowest BCUT2D eigenvalue weighted by Gasteiger charge is -2.21. The summed E-state index contributed by atoms with van der Waals surface area (Å²) in [5.74, 6) is 0. The predicted octanol–water partition coefficient (Wildman–Crippen LogP) is 2.58. The van der Waals surface area contributed by atoms with Gasteiger partial charge in [-0.25, -0.2) is 4.79 Å². The minimum Gasteiger partial charge on any atom is -0.383 e. The molecule has 92 valence electrons. The third-order valence-electron chi connectivity index (χ3n) is 2.86. The second-order valence-corrected chi connectivity index (χ2v) is 4.25. The zero-order valence-corrected chi connectivity index (χ0v) is 10.2. The molecule has 1 aromatic carbocycles. The number of hydrogen-bond acceptors (Lipinski definition) is 2. The van der Waals surface area contributed by atoms with E-state index in [1.807, 2.05) is 19.1 Å². The third kappa shape index (κ3) is 2.90.